The van der Waals surface area contributed by atoms with Gasteiger partial charge in [-0.3, -0.25) is 0 Å². The molecule has 0 aromatic rings. The van der Waals surface area contributed by atoms with E-state index < -0.39 is 67.7 Å². The second-order valence-corrected chi connectivity index (χ2v) is 2.75. The molecule has 0 aliphatic rings. The molecule has 33 nitrogen and oxygen atoms in total. The molecule has 0 rings (SSSR count). The molecule has 0 atom stereocenters. The van der Waals surface area contributed by atoms with Gasteiger partial charge in [0.1, 0.15) is 0 Å². The van der Waals surface area contributed by atoms with Crippen molar-refractivity contribution in [3.8, 4) is 0 Å². The molecule has 0 aromatic carbocycles. The van der Waals surface area contributed by atoms with Crippen LogP contribution in [0.25, 0.3) is 0 Å². The average molecular weight is 1520 g/mol. The topological polar surface area (TPSA) is 695 Å². The third kappa shape index (κ3) is 8290. The summed E-state index contributed by atoms with van der Waals surface area (Å²) >= 11 is 0. The van der Waals surface area contributed by atoms with Crippen LogP contribution in [0.15, 0.2) is 0 Å². The molecule has 2 radical (unpaired) electrons. The van der Waals surface area contributed by atoms with Crippen molar-refractivity contribution in [3.63, 3.8) is 0 Å². The standard InChI is InChI=1S/11CH2O3.2Ca.2Ce.2La.2Na.2Sr/c11*2-1(3)4;;;;;;;;;;/h11*(H2,2,3,4);;;;;;;;;;/q;;;;;;;;;;;2*+2;4*+3;2*+1;2*+2/p-22. The molecule has 0 heterocycles. The monoisotopic (exact) mass is 1520 g/mol. The van der Waals surface area contributed by atoms with Crippen molar-refractivity contribution in [1.82, 2.24) is 0 Å². The van der Waals surface area contributed by atoms with Crippen molar-refractivity contribution in [2.45, 2.75) is 0 Å². The van der Waals surface area contributed by atoms with Gasteiger partial charge in [0.15, 0.2) is 0 Å². The van der Waals surface area contributed by atoms with Crippen LogP contribution in [-0.4, -0.2) is 234 Å². The van der Waals surface area contributed by atoms with Gasteiger partial charge in [-0.1, -0.05) is 0 Å². The molecule has 0 saturated carbocycles. The SMILES string of the molecule is O=C([O-])[O-].O=C([O-])[O-].O=C([O-])[O-].O=C([O-])[O-].O=C([O-])[O-].O=C([O-])[O-].O=C([O-])[O-].O=C([O-])[O-].O=C([O-])[O-].O=C([O-])[O-].O=C([O-])[O-].[Ca+2].[Ca+2].[Ce+3].[Ce+3].[La+3].[La+3].[Na+].[Na+].[Sr+2].[Sr+2]. The Hall–Kier alpha value is 4.59. The van der Waals surface area contributed by atoms with Crippen LogP contribution in [0.3, 0.4) is 0 Å². The van der Waals surface area contributed by atoms with E-state index >= 15 is 0 Å². The summed E-state index contributed by atoms with van der Waals surface area (Å²) in [5.41, 5.74) is 0. The number of carbonyl (C=O) groups is 11. The summed E-state index contributed by atoms with van der Waals surface area (Å²) in [4.78, 5) is 91.7. The molecule has 0 aliphatic carbocycles. The molecule has 266 valence electrons. The Morgan fingerprint density at radius 3 is 0.204 bits per heavy atom. The number of hydrogen-bond donors (Lipinski definition) is 0. The summed E-state index contributed by atoms with van der Waals surface area (Å²) in [6, 6.07) is 0. The Morgan fingerprint density at radius 1 is 0.204 bits per heavy atom. The van der Waals surface area contributed by atoms with E-state index in [-0.39, 0.29) is 380 Å². The van der Waals surface area contributed by atoms with E-state index in [2.05, 4.69) is 0 Å². The van der Waals surface area contributed by atoms with E-state index in [1.807, 2.05) is 0 Å². The van der Waals surface area contributed by atoms with Crippen molar-refractivity contribution in [3.05, 3.63) is 0 Å². The maximum absolute atomic E-state index is 8.33. The second kappa shape index (κ2) is 131. The molecule has 0 aromatic heterocycles. The van der Waals surface area contributed by atoms with Crippen molar-refractivity contribution < 1.29 is 379 Å². The largest absolute Gasteiger partial charge is 3.00 e. The Morgan fingerprint density at radius 2 is 0.204 bits per heavy atom. The molecule has 0 saturated heterocycles. The van der Waals surface area contributed by atoms with Gasteiger partial charge in [-0.25, -0.2) is 0 Å². The minimum Gasteiger partial charge on any atom is -0.652 e. The summed E-state index contributed by atoms with van der Waals surface area (Å²) in [6.07, 6.45) is -25.7. The van der Waals surface area contributed by atoms with Crippen molar-refractivity contribution in [1.29, 1.82) is 0 Å². The molecule has 0 spiro atoms. The first kappa shape index (κ1) is 138. The smallest absolute Gasteiger partial charge is 0.652 e. The first-order chi connectivity index (χ1) is 19.1. The number of carbonyl (C=O) groups excluding carboxylic acids is 11. The molecule has 43 heteroatoms. The zero-order valence-electron chi connectivity index (χ0n) is 26.0. The van der Waals surface area contributed by atoms with Crippen molar-refractivity contribution in [2.75, 3.05) is 0 Å². The molecule has 0 fully saturated rings. The predicted octanol–water partition coefficient (Wildman–Crippen LogP) is -34.4. The minimum absolute atomic E-state index is 0. The van der Waals surface area contributed by atoms with Crippen molar-refractivity contribution in [2.24, 2.45) is 0 Å². The molecule has 54 heavy (non-hydrogen) atoms. The van der Waals surface area contributed by atoms with Gasteiger partial charge in [0.05, 0.1) is 0 Å². The predicted molar refractivity (Wildman–Crippen MR) is 82.4 cm³/mol. The fourth-order valence-electron chi connectivity index (χ4n) is 0. The van der Waals surface area contributed by atoms with Crippen LogP contribution in [-0.2, 0) is 0 Å². The Balaban J connectivity index is -0.0000000115. The summed E-state index contributed by atoms with van der Waals surface area (Å²) in [5, 5.41) is 183. The Kier molecular flexibility index (Phi) is 332. The van der Waals surface area contributed by atoms with Gasteiger partial charge in [-0.2, -0.15) is 0 Å². The first-order valence-electron chi connectivity index (χ1n) is 6.74. The van der Waals surface area contributed by atoms with Crippen molar-refractivity contribution >= 4 is 234 Å². The van der Waals surface area contributed by atoms with Crippen LogP contribution in [0, 0.1) is 155 Å². The zero-order valence-corrected chi connectivity index (χ0v) is 54.9. The van der Waals surface area contributed by atoms with E-state index in [1.165, 1.54) is 0 Å². The van der Waals surface area contributed by atoms with Crippen LogP contribution in [0.4, 0.5) is 52.7 Å². The second-order valence-electron chi connectivity index (χ2n) is 2.75. The number of rotatable bonds is 0. The molecule has 0 unspecified atom stereocenters. The van der Waals surface area contributed by atoms with Gasteiger partial charge in [0.25, 0.3) is 0 Å². The van der Waals surface area contributed by atoms with Crippen LogP contribution in [0.2, 0.25) is 0 Å². The molecule has 0 amide bonds. The van der Waals surface area contributed by atoms with Gasteiger partial charge in [0, 0.05) is 0 Å². The molecular weight excluding hydrogens is 1520 g/mol. The van der Waals surface area contributed by atoms with E-state index in [1.54, 1.807) is 0 Å². The molecule has 0 aliphatic heterocycles. The van der Waals surface area contributed by atoms with Gasteiger partial charge < -0.3 is 165 Å². The Labute approximate surface area is 598 Å². The minimum atomic E-state index is -2.33. The van der Waals surface area contributed by atoms with Gasteiger partial charge >= 0.3 is 380 Å². The van der Waals surface area contributed by atoms with Gasteiger partial charge in [-0.05, 0) is 67.7 Å². The summed E-state index contributed by atoms with van der Waals surface area (Å²) < 4.78 is 0. The van der Waals surface area contributed by atoms with E-state index in [9.17, 15) is 0 Å². The van der Waals surface area contributed by atoms with E-state index in [0.29, 0.717) is 0 Å². The molecular formula is C11Ca2Ce2La2Na2O33Sr2. The third-order valence-electron chi connectivity index (χ3n) is 0. The van der Waals surface area contributed by atoms with Crippen LogP contribution in [0.5, 0.6) is 0 Å². The zero-order chi connectivity index (χ0) is 39.4. The summed E-state index contributed by atoms with van der Waals surface area (Å²) in [7, 11) is 0. The summed E-state index contributed by atoms with van der Waals surface area (Å²) in [5.74, 6) is 0. The van der Waals surface area contributed by atoms with Gasteiger partial charge in [0.2, 0.25) is 0 Å². The van der Waals surface area contributed by atoms with Crippen LogP contribution >= 0.6 is 0 Å². The van der Waals surface area contributed by atoms with Crippen LogP contribution < -0.4 is 171 Å². The number of carboxylic acid groups (broad SMARTS) is 22. The normalized spacial score (nSPS) is 4.89. The van der Waals surface area contributed by atoms with Gasteiger partial charge in [-0.15, -0.1) is 0 Å². The van der Waals surface area contributed by atoms with E-state index in [4.69, 9.17) is 165 Å². The maximum atomic E-state index is 8.33. The summed E-state index contributed by atoms with van der Waals surface area (Å²) in [6.45, 7) is 0. The third-order valence-corrected chi connectivity index (χ3v) is 0. The van der Waals surface area contributed by atoms with Crippen LogP contribution in [0.1, 0.15) is 0 Å². The fourth-order valence-corrected chi connectivity index (χ4v) is 0. The first-order valence-corrected chi connectivity index (χ1v) is 6.74. The number of hydrogen-bond acceptors (Lipinski definition) is 33. The maximum Gasteiger partial charge on any atom is 3.00 e. The fraction of sp³-hybridized carbons (Fsp3) is 0. The molecule has 0 bridgehead atoms. The average Bonchev–Trinajstić information content (AvgIpc) is 2.55. The van der Waals surface area contributed by atoms with E-state index in [0.717, 1.165) is 0 Å². The Bertz CT molecular complexity index is 578. The quantitative estimate of drug-likeness (QED) is 0.203. The molecule has 0 N–H and O–H groups in total.